The number of aromatic nitrogens is 3. The van der Waals surface area contributed by atoms with Crippen LogP contribution in [0.15, 0.2) is 35.5 Å². The number of amidine groups is 1. The second-order valence-corrected chi connectivity index (χ2v) is 13.5. The average molecular weight is 534 g/mol. The summed E-state index contributed by atoms with van der Waals surface area (Å²) < 4.78 is 31.4. The van der Waals surface area contributed by atoms with Gasteiger partial charge in [-0.3, -0.25) is 14.5 Å². The van der Waals surface area contributed by atoms with Gasteiger partial charge in [0.25, 0.3) is 5.91 Å². The average Bonchev–Trinajstić information content (AvgIpc) is 3.15. The second kappa shape index (κ2) is 8.41. The summed E-state index contributed by atoms with van der Waals surface area (Å²) in [5, 5.41) is 2.82. The van der Waals surface area contributed by atoms with Crippen LogP contribution in [0, 0.1) is 12.7 Å². The molecule has 0 radical (unpaired) electrons. The number of nitrogens with one attached hydrogen (secondary N) is 2. The third kappa shape index (κ3) is 3.60. The van der Waals surface area contributed by atoms with Gasteiger partial charge in [-0.15, -0.1) is 0 Å². The molecule has 0 aliphatic carbocycles. The smallest absolute Gasteiger partial charge is 0.277 e. The van der Waals surface area contributed by atoms with Crippen molar-refractivity contribution in [2.24, 2.45) is 10.7 Å². The summed E-state index contributed by atoms with van der Waals surface area (Å²) in [6, 6.07) is 6.01. The molecular weight excluding hydrogens is 505 g/mol. The number of rotatable bonds is 3. The highest BCUT2D eigenvalue weighted by molar-refractivity contribution is 8.29. The van der Waals surface area contributed by atoms with Crippen molar-refractivity contribution in [2.45, 2.75) is 56.1 Å². The minimum Gasteiger partial charge on any atom is -0.386 e. The molecule has 0 aromatic carbocycles. The number of nitrogens with zero attached hydrogens (tertiary/aromatic N) is 4. The maximum atomic E-state index is 15.3. The van der Waals surface area contributed by atoms with Gasteiger partial charge in [0.2, 0.25) is 0 Å². The van der Waals surface area contributed by atoms with Crippen LogP contribution in [0.2, 0.25) is 5.02 Å². The first-order valence-electron chi connectivity index (χ1n) is 11.7. The highest BCUT2D eigenvalue weighted by atomic mass is 35.5. The molecule has 0 bridgehead atoms. The molecule has 2 aliphatic rings. The van der Waals surface area contributed by atoms with Crippen LogP contribution in [-0.4, -0.2) is 47.2 Å². The maximum Gasteiger partial charge on any atom is 0.277 e. The second-order valence-electron chi connectivity index (χ2n) is 9.91. The van der Waals surface area contributed by atoms with Crippen molar-refractivity contribution in [1.82, 2.24) is 19.1 Å². The Hall–Kier alpha value is -2.73. The fourth-order valence-electron chi connectivity index (χ4n) is 5.16. The number of halogens is 2. The Balaban J connectivity index is 1.54. The van der Waals surface area contributed by atoms with Crippen LogP contribution in [-0.2, 0) is 5.54 Å². The Bertz CT molecular complexity index is 1430. The van der Waals surface area contributed by atoms with Gasteiger partial charge in [0.15, 0.2) is 5.69 Å². The van der Waals surface area contributed by atoms with Crippen molar-refractivity contribution in [2.75, 3.05) is 11.9 Å². The number of amides is 1. The number of carbonyl (C=O) groups excluding carboxylic acids is 1. The van der Waals surface area contributed by atoms with E-state index in [0.29, 0.717) is 29.3 Å². The van der Waals surface area contributed by atoms with Gasteiger partial charge in [-0.25, -0.2) is 14.4 Å². The van der Waals surface area contributed by atoms with Gasteiger partial charge in [-0.05, 0) is 58.7 Å². The summed E-state index contributed by atoms with van der Waals surface area (Å²) in [5.74, 6) is -0.690. The number of aliphatic imine (C=N–C) groups is 1. The Kier molecular flexibility index (Phi) is 5.82. The third-order valence-corrected chi connectivity index (χ3v) is 11.5. The molecule has 1 fully saturated rings. The molecule has 5 N–H and O–H groups in total. The summed E-state index contributed by atoms with van der Waals surface area (Å²) in [5.41, 5.74) is 6.52. The first-order chi connectivity index (χ1) is 16.9. The van der Waals surface area contributed by atoms with Crippen molar-refractivity contribution in [3.05, 3.63) is 58.4 Å². The summed E-state index contributed by atoms with van der Waals surface area (Å²) in [6.07, 6.45) is 3.17. The number of nitrogens with two attached hydrogens (primary N) is 1. The van der Waals surface area contributed by atoms with Gasteiger partial charge >= 0.3 is 0 Å². The molecule has 3 aromatic heterocycles. The lowest BCUT2D eigenvalue weighted by Crippen LogP contribution is -2.62. The van der Waals surface area contributed by atoms with Crippen molar-refractivity contribution >= 4 is 45.3 Å². The molecule has 0 saturated carbocycles. The topological polar surface area (TPSA) is 130 Å². The monoisotopic (exact) mass is 533 g/mol. The van der Waals surface area contributed by atoms with Crippen molar-refractivity contribution < 1.29 is 13.7 Å². The molecule has 192 valence electrons. The standard InChI is InChI=1S/C24H29ClFN7O2S/c1-13-19(31-18-12-14(25)9-11-33(13)18)21(34)30-17-8-7-15(26)20(29-17)24(4)16-6-5-10-28-36(16,35)23(2,3)22(27)32-24/h7-9,11-12,16,28,35H,5-6,10H2,1-4H3,(H2,27,32)(H,29,30,34)/t16-,24-/m0/s1. The molecule has 1 amide bonds. The molecule has 3 atom stereocenters. The van der Waals surface area contributed by atoms with Crippen LogP contribution in [0.25, 0.3) is 5.65 Å². The van der Waals surface area contributed by atoms with Gasteiger partial charge in [-0.1, -0.05) is 22.1 Å². The van der Waals surface area contributed by atoms with Crippen LogP contribution >= 0.6 is 22.1 Å². The normalized spacial score (nSPS) is 27.4. The molecule has 0 unspecified atom stereocenters. The fraction of sp³-hybridized carbons (Fsp3) is 0.417. The molecule has 5 rings (SSSR count). The molecule has 12 heteroatoms. The highest BCUT2D eigenvalue weighted by Crippen LogP contribution is 2.66. The molecule has 3 aromatic rings. The quantitative estimate of drug-likeness (QED) is 0.395. The number of carbonyl (C=O) groups is 1. The highest BCUT2D eigenvalue weighted by Gasteiger charge is 2.60. The van der Waals surface area contributed by atoms with E-state index in [-0.39, 0.29) is 23.0 Å². The van der Waals surface area contributed by atoms with Crippen LogP contribution in [0.5, 0.6) is 0 Å². The van der Waals surface area contributed by atoms with E-state index in [1.165, 1.54) is 12.1 Å². The van der Waals surface area contributed by atoms with Crippen LogP contribution in [0.4, 0.5) is 10.2 Å². The number of anilines is 1. The molecule has 0 spiro atoms. The lowest BCUT2D eigenvalue weighted by atomic mass is 9.89. The van der Waals surface area contributed by atoms with E-state index in [9.17, 15) is 9.35 Å². The first-order valence-corrected chi connectivity index (χ1v) is 13.7. The number of imidazole rings is 1. The summed E-state index contributed by atoms with van der Waals surface area (Å²) >= 11 is 6.06. The van der Waals surface area contributed by atoms with Gasteiger partial charge in [0.1, 0.15) is 34.4 Å². The Morgan fingerprint density at radius 3 is 2.83 bits per heavy atom. The molecule has 1 saturated heterocycles. The van der Waals surface area contributed by atoms with E-state index in [0.717, 1.165) is 6.42 Å². The van der Waals surface area contributed by atoms with E-state index >= 15 is 4.39 Å². The van der Waals surface area contributed by atoms with E-state index in [4.69, 9.17) is 22.3 Å². The predicted molar refractivity (Wildman–Crippen MR) is 141 cm³/mol. The molecule has 5 heterocycles. The zero-order valence-electron chi connectivity index (χ0n) is 20.5. The summed E-state index contributed by atoms with van der Waals surface area (Å²) in [6.45, 7) is 7.88. The Morgan fingerprint density at radius 2 is 2.08 bits per heavy atom. The summed E-state index contributed by atoms with van der Waals surface area (Å²) in [4.78, 5) is 26.7. The number of hydrogen-bond donors (Lipinski definition) is 4. The zero-order chi connectivity index (χ0) is 26.0. The van der Waals surface area contributed by atoms with Gasteiger partial charge in [-0.2, -0.15) is 0 Å². The SMILES string of the molecule is Cc1c(C(=O)Nc2ccc(F)c([C@@]3(C)N=C(N)C(C)(C)[S@]4(O)NCCC[C@@H]34)n2)nc2cc(Cl)ccn12. The number of aryl methyl sites for hydroxylation is 1. The predicted octanol–water partition coefficient (Wildman–Crippen LogP) is 4.39. The number of fused-ring (bicyclic) bond motifs is 2. The van der Waals surface area contributed by atoms with Gasteiger partial charge < -0.3 is 20.0 Å². The minimum absolute atomic E-state index is 0.0249. The van der Waals surface area contributed by atoms with Crippen molar-refractivity contribution in [3.8, 4) is 0 Å². The lowest BCUT2D eigenvalue weighted by molar-refractivity contribution is 0.102. The van der Waals surface area contributed by atoms with E-state index in [2.05, 4.69) is 20.0 Å². The van der Waals surface area contributed by atoms with Crippen LogP contribution < -0.4 is 15.8 Å². The third-order valence-electron chi connectivity index (χ3n) is 7.36. The van der Waals surface area contributed by atoms with Crippen LogP contribution in [0.1, 0.15) is 55.5 Å². The summed E-state index contributed by atoms with van der Waals surface area (Å²) in [7, 11) is -2.51. The van der Waals surface area contributed by atoms with Gasteiger partial charge in [0, 0.05) is 23.8 Å². The fourth-order valence-corrected chi connectivity index (χ4v) is 8.74. The Labute approximate surface area is 215 Å². The van der Waals surface area contributed by atoms with E-state index in [1.54, 1.807) is 36.6 Å². The molecule has 36 heavy (non-hydrogen) atoms. The van der Waals surface area contributed by atoms with Crippen molar-refractivity contribution in [3.63, 3.8) is 0 Å². The van der Waals surface area contributed by atoms with Gasteiger partial charge in [0.05, 0.1) is 15.7 Å². The van der Waals surface area contributed by atoms with Crippen molar-refractivity contribution in [1.29, 1.82) is 0 Å². The number of hydrogen-bond acceptors (Lipinski definition) is 7. The number of pyridine rings is 2. The van der Waals surface area contributed by atoms with E-state index < -0.39 is 37.8 Å². The van der Waals surface area contributed by atoms with E-state index in [1.807, 2.05) is 13.8 Å². The largest absolute Gasteiger partial charge is 0.386 e. The van der Waals surface area contributed by atoms with Crippen LogP contribution in [0.3, 0.4) is 0 Å². The maximum absolute atomic E-state index is 15.3. The molecule has 9 nitrogen and oxygen atoms in total. The molecule has 2 aliphatic heterocycles. The lowest BCUT2D eigenvalue weighted by Gasteiger charge is -2.61. The Morgan fingerprint density at radius 1 is 1.33 bits per heavy atom. The zero-order valence-corrected chi connectivity index (χ0v) is 22.0. The molecular formula is C24H29ClFN7O2S. The first kappa shape index (κ1) is 24.9. The minimum atomic E-state index is -2.51.